The van der Waals surface area contributed by atoms with Crippen molar-refractivity contribution in [3.63, 3.8) is 0 Å². The fourth-order valence-corrected chi connectivity index (χ4v) is 2.73. The Hall–Kier alpha value is -3.13. The molecule has 0 aliphatic heterocycles. The molecule has 7 nitrogen and oxygen atoms in total. The Morgan fingerprint density at radius 2 is 1.80 bits per heavy atom. The van der Waals surface area contributed by atoms with E-state index in [4.69, 9.17) is 21.7 Å². The molecule has 160 valence electrons. The fraction of sp³-hybridized carbons (Fsp3) is 0.318. The molecule has 2 aromatic carbocycles. The lowest BCUT2D eigenvalue weighted by molar-refractivity contribution is -0.121. The highest BCUT2D eigenvalue weighted by Crippen LogP contribution is 2.28. The quantitative estimate of drug-likeness (QED) is 0.580. The molecule has 2 aromatic rings. The average molecular weight is 430 g/mol. The van der Waals surface area contributed by atoms with Gasteiger partial charge in [-0.05, 0) is 55.4 Å². The summed E-state index contributed by atoms with van der Waals surface area (Å²) >= 11 is 5.20. The van der Waals surface area contributed by atoms with E-state index < -0.39 is 0 Å². The monoisotopic (exact) mass is 429 g/mol. The van der Waals surface area contributed by atoms with E-state index in [0.29, 0.717) is 22.9 Å². The van der Waals surface area contributed by atoms with Crippen molar-refractivity contribution in [1.29, 1.82) is 0 Å². The first-order valence-corrected chi connectivity index (χ1v) is 9.90. The molecule has 30 heavy (non-hydrogen) atoms. The highest BCUT2D eigenvalue weighted by molar-refractivity contribution is 7.80. The van der Waals surface area contributed by atoms with Crippen molar-refractivity contribution >= 4 is 40.5 Å². The predicted octanol–water partition coefficient (Wildman–Crippen LogP) is 3.80. The van der Waals surface area contributed by atoms with Gasteiger partial charge < -0.3 is 20.1 Å². The van der Waals surface area contributed by atoms with Gasteiger partial charge in [0.2, 0.25) is 5.91 Å². The molecule has 0 radical (unpaired) electrons. The third-order valence-corrected chi connectivity index (χ3v) is 4.61. The Balaban J connectivity index is 1.92. The number of anilines is 2. The maximum Gasteiger partial charge on any atom is 0.264 e. The summed E-state index contributed by atoms with van der Waals surface area (Å²) in [5.74, 6) is 0.497. The number of benzene rings is 2. The molecule has 0 bridgehead atoms. The number of carbonyl (C=O) groups is 2. The van der Waals surface area contributed by atoms with Gasteiger partial charge in [0.25, 0.3) is 5.91 Å². The summed E-state index contributed by atoms with van der Waals surface area (Å²) in [7, 11) is 1.51. The Bertz CT molecular complexity index is 944. The molecule has 2 amide bonds. The molecule has 0 saturated heterocycles. The Morgan fingerprint density at radius 3 is 2.47 bits per heavy atom. The number of thiocarbonyl (C=S) groups is 1. The SMILES string of the molecule is COc1cc(NC(=S)NC(=O)COc2cccc(C)c2C)ccc1NC(=O)C(C)C. The zero-order valence-electron chi connectivity index (χ0n) is 17.8. The number of hydrogen-bond donors (Lipinski definition) is 3. The largest absolute Gasteiger partial charge is 0.494 e. The average Bonchev–Trinajstić information content (AvgIpc) is 2.69. The maximum absolute atomic E-state index is 12.1. The molecule has 0 unspecified atom stereocenters. The summed E-state index contributed by atoms with van der Waals surface area (Å²) < 4.78 is 10.9. The van der Waals surface area contributed by atoms with E-state index in [2.05, 4.69) is 16.0 Å². The lowest BCUT2D eigenvalue weighted by Gasteiger charge is -2.15. The van der Waals surface area contributed by atoms with Crippen LogP contribution in [-0.4, -0.2) is 30.6 Å². The van der Waals surface area contributed by atoms with E-state index >= 15 is 0 Å². The molecule has 0 aliphatic rings. The summed E-state index contributed by atoms with van der Waals surface area (Å²) in [4.78, 5) is 24.0. The zero-order chi connectivity index (χ0) is 22.3. The number of amides is 2. The van der Waals surface area contributed by atoms with Crippen molar-refractivity contribution in [2.24, 2.45) is 5.92 Å². The summed E-state index contributed by atoms with van der Waals surface area (Å²) in [5.41, 5.74) is 3.24. The molecule has 0 aromatic heterocycles. The van der Waals surface area contributed by atoms with Crippen LogP contribution in [0.15, 0.2) is 36.4 Å². The van der Waals surface area contributed by atoms with E-state index in [1.807, 2.05) is 45.9 Å². The smallest absolute Gasteiger partial charge is 0.264 e. The van der Waals surface area contributed by atoms with E-state index in [-0.39, 0.29) is 29.5 Å². The second kappa shape index (κ2) is 10.6. The van der Waals surface area contributed by atoms with Crippen LogP contribution in [0.25, 0.3) is 0 Å². The summed E-state index contributed by atoms with van der Waals surface area (Å²) in [6, 6.07) is 10.8. The first-order chi connectivity index (χ1) is 14.2. The molecule has 0 aliphatic carbocycles. The molecule has 0 atom stereocenters. The number of nitrogens with one attached hydrogen (secondary N) is 3. The Kier molecular flexibility index (Phi) is 8.17. The van der Waals surface area contributed by atoms with Gasteiger partial charge in [-0.25, -0.2) is 0 Å². The van der Waals surface area contributed by atoms with Gasteiger partial charge in [-0.3, -0.25) is 14.9 Å². The molecular weight excluding hydrogens is 402 g/mol. The molecule has 8 heteroatoms. The van der Waals surface area contributed by atoms with Crippen molar-refractivity contribution < 1.29 is 19.1 Å². The van der Waals surface area contributed by atoms with Crippen molar-refractivity contribution in [3.8, 4) is 11.5 Å². The molecule has 0 spiro atoms. The molecule has 0 saturated carbocycles. The lowest BCUT2D eigenvalue weighted by atomic mass is 10.1. The highest BCUT2D eigenvalue weighted by Gasteiger charge is 2.13. The second-order valence-corrected chi connectivity index (χ2v) is 7.46. The van der Waals surface area contributed by atoms with E-state index in [1.165, 1.54) is 7.11 Å². The first-order valence-electron chi connectivity index (χ1n) is 9.50. The summed E-state index contributed by atoms with van der Waals surface area (Å²) in [5, 5.41) is 8.43. The van der Waals surface area contributed by atoms with Gasteiger partial charge in [-0.1, -0.05) is 26.0 Å². The van der Waals surface area contributed by atoms with Crippen molar-refractivity contribution in [2.75, 3.05) is 24.4 Å². The number of methoxy groups -OCH3 is 1. The van der Waals surface area contributed by atoms with Crippen LogP contribution in [0.2, 0.25) is 0 Å². The maximum atomic E-state index is 12.1. The Morgan fingerprint density at radius 1 is 1.07 bits per heavy atom. The van der Waals surface area contributed by atoms with Gasteiger partial charge in [0.05, 0.1) is 12.8 Å². The second-order valence-electron chi connectivity index (χ2n) is 7.05. The van der Waals surface area contributed by atoms with E-state index in [0.717, 1.165) is 11.1 Å². The minimum Gasteiger partial charge on any atom is -0.494 e. The fourth-order valence-electron chi connectivity index (χ4n) is 2.50. The number of ether oxygens (including phenoxy) is 2. The van der Waals surface area contributed by atoms with Crippen LogP contribution in [0.3, 0.4) is 0 Å². The van der Waals surface area contributed by atoms with Crippen LogP contribution in [0.4, 0.5) is 11.4 Å². The minimum absolute atomic E-state index is 0.111. The van der Waals surface area contributed by atoms with Crippen molar-refractivity contribution in [1.82, 2.24) is 5.32 Å². The van der Waals surface area contributed by atoms with Crippen LogP contribution in [0.5, 0.6) is 11.5 Å². The third-order valence-electron chi connectivity index (χ3n) is 4.41. The Labute approximate surface area is 182 Å². The topological polar surface area (TPSA) is 88.7 Å². The highest BCUT2D eigenvalue weighted by atomic mass is 32.1. The van der Waals surface area contributed by atoms with Crippen LogP contribution < -0.4 is 25.4 Å². The normalized spacial score (nSPS) is 10.3. The number of aryl methyl sites for hydroxylation is 1. The summed E-state index contributed by atoms with van der Waals surface area (Å²) in [6.45, 7) is 7.38. The summed E-state index contributed by atoms with van der Waals surface area (Å²) in [6.07, 6.45) is 0. The van der Waals surface area contributed by atoms with E-state index in [9.17, 15) is 9.59 Å². The first kappa shape index (κ1) is 23.2. The van der Waals surface area contributed by atoms with Gasteiger partial charge >= 0.3 is 0 Å². The van der Waals surface area contributed by atoms with Gasteiger partial charge in [0.15, 0.2) is 11.7 Å². The number of rotatable bonds is 7. The number of carbonyl (C=O) groups excluding carboxylic acids is 2. The molecule has 2 rings (SSSR count). The standard InChI is InChI=1S/C22H27N3O4S/c1-13(2)21(27)24-17-10-9-16(11-19(17)28-5)23-22(30)25-20(26)12-29-18-8-6-7-14(3)15(18)4/h6-11,13H,12H2,1-5H3,(H,24,27)(H2,23,25,26,30). The van der Waals surface area contributed by atoms with Crippen LogP contribution >= 0.6 is 12.2 Å². The van der Waals surface area contributed by atoms with Gasteiger partial charge in [0, 0.05) is 17.7 Å². The zero-order valence-corrected chi connectivity index (χ0v) is 18.6. The third kappa shape index (κ3) is 6.45. The van der Waals surface area contributed by atoms with Crippen molar-refractivity contribution in [3.05, 3.63) is 47.5 Å². The minimum atomic E-state index is -0.374. The molecule has 0 fully saturated rings. The predicted molar refractivity (Wildman–Crippen MR) is 122 cm³/mol. The van der Waals surface area contributed by atoms with Gasteiger partial charge in [-0.2, -0.15) is 0 Å². The molecular formula is C22H27N3O4S. The van der Waals surface area contributed by atoms with Crippen LogP contribution in [0.1, 0.15) is 25.0 Å². The number of hydrogen-bond acceptors (Lipinski definition) is 5. The van der Waals surface area contributed by atoms with E-state index in [1.54, 1.807) is 18.2 Å². The van der Waals surface area contributed by atoms with Crippen LogP contribution in [-0.2, 0) is 9.59 Å². The lowest BCUT2D eigenvalue weighted by Crippen LogP contribution is -2.37. The van der Waals surface area contributed by atoms with Gasteiger partial charge in [0.1, 0.15) is 11.5 Å². The molecule has 3 N–H and O–H groups in total. The van der Waals surface area contributed by atoms with Crippen molar-refractivity contribution in [2.45, 2.75) is 27.7 Å². The van der Waals surface area contributed by atoms with Gasteiger partial charge in [-0.15, -0.1) is 0 Å². The molecule has 0 heterocycles. The van der Waals surface area contributed by atoms with Crippen LogP contribution in [0, 0.1) is 19.8 Å².